The molecule has 6 fully saturated rings. The number of rotatable bonds is 7. The third kappa shape index (κ3) is 5.52. The van der Waals surface area contributed by atoms with Gasteiger partial charge in [0.25, 0.3) is 0 Å². The number of nitrogens with zero attached hydrogens (tertiary/aromatic N) is 6. The summed E-state index contributed by atoms with van der Waals surface area (Å²) in [6, 6.07) is 13.7. The van der Waals surface area contributed by atoms with Crippen LogP contribution in [0.25, 0.3) is 32.9 Å². The molecule has 7 heterocycles. The van der Waals surface area contributed by atoms with Crippen LogP contribution >= 0.6 is 23.2 Å². The Labute approximate surface area is 330 Å². The molecule has 0 spiro atoms. The molecule has 4 bridgehead atoms. The van der Waals surface area contributed by atoms with E-state index in [4.69, 9.17) is 28.2 Å². The molecular formula is C42H37Cl2F4N7O. The van der Waals surface area contributed by atoms with Crippen molar-refractivity contribution in [2.24, 2.45) is 17.8 Å². The van der Waals surface area contributed by atoms with Crippen molar-refractivity contribution in [3.05, 3.63) is 87.2 Å². The highest BCUT2D eigenvalue weighted by Crippen LogP contribution is 2.54. The van der Waals surface area contributed by atoms with Crippen molar-refractivity contribution >= 4 is 56.6 Å². The van der Waals surface area contributed by atoms with Gasteiger partial charge in [-0.15, -0.1) is 0 Å². The Morgan fingerprint density at radius 2 is 1.89 bits per heavy atom. The lowest BCUT2D eigenvalue weighted by molar-refractivity contribution is -0.141. The number of hydrogen-bond donors (Lipinski definition) is 1. The highest BCUT2D eigenvalue weighted by Gasteiger charge is 2.55. The normalized spacial score (nSPS) is 25.6. The molecular weight excluding hydrogens is 765 g/mol. The zero-order valence-electron chi connectivity index (χ0n) is 30.4. The third-order valence-corrected chi connectivity index (χ3v) is 13.7. The van der Waals surface area contributed by atoms with Gasteiger partial charge >= 0.3 is 6.18 Å². The minimum Gasteiger partial charge on any atom is -0.368 e. The number of hydrogen-bond acceptors (Lipinski definition) is 6. The molecule has 4 saturated heterocycles. The van der Waals surface area contributed by atoms with E-state index in [9.17, 15) is 23.2 Å². The Hall–Kier alpha value is -4.44. The molecule has 5 aromatic rings. The molecule has 56 heavy (non-hydrogen) atoms. The lowest BCUT2D eigenvalue weighted by Gasteiger charge is -2.40. The number of piperidine rings is 1. The number of nitrogens with one attached hydrogen (secondary N) is 1. The van der Waals surface area contributed by atoms with Gasteiger partial charge in [-0.1, -0.05) is 35.3 Å². The summed E-state index contributed by atoms with van der Waals surface area (Å²) < 4.78 is 59.9. The van der Waals surface area contributed by atoms with E-state index in [0.29, 0.717) is 51.9 Å². The van der Waals surface area contributed by atoms with Crippen molar-refractivity contribution in [2.45, 2.75) is 75.8 Å². The average Bonchev–Trinajstić information content (AvgIpc) is 3.46. The fourth-order valence-electron chi connectivity index (χ4n) is 10.3. The molecule has 2 aliphatic carbocycles. The molecule has 6 aliphatic rings. The van der Waals surface area contributed by atoms with E-state index in [0.717, 1.165) is 54.9 Å². The molecule has 288 valence electrons. The highest BCUT2D eigenvalue weighted by atomic mass is 35.5. The monoisotopic (exact) mass is 801 g/mol. The van der Waals surface area contributed by atoms with Crippen molar-refractivity contribution in [1.29, 1.82) is 5.26 Å². The quantitative estimate of drug-likeness (QED) is 0.165. The lowest BCUT2D eigenvalue weighted by Crippen LogP contribution is -2.45. The molecule has 0 radical (unpaired) electrons. The average molecular weight is 803 g/mol. The number of carbonyl (C=O) groups excluding carboxylic acids is 1. The SMILES string of the molecule is Cc1nc2c(F)c(-c3cccc(Cl)c3Cl)c(CCC#N)cc2c2c1cc(C1C3CC(CN(c4ccc(C(F)(F)F)nc4)C3)N1C(=O)C1CC1)n2C1C2CNC1C2. The van der Waals surface area contributed by atoms with Crippen molar-refractivity contribution in [2.75, 3.05) is 24.5 Å². The van der Waals surface area contributed by atoms with Gasteiger partial charge in [0, 0.05) is 77.2 Å². The number of anilines is 1. The summed E-state index contributed by atoms with van der Waals surface area (Å²) in [4.78, 5) is 27.2. The Bertz CT molecular complexity index is 2480. The minimum absolute atomic E-state index is 0.0217. The van der Waals surface area contributed by atoms with Crippen LogP contribution < -0.4 is 10.2 Å². The number of carbonyl (C=O) groups is 1. The molecule has 1 N–H and O–H groups in total. The number of alkyl halides is 3. The van der Waals surface area contributed by atoms with Crippen molar-refractivity contribution in [3.8, 4) is 17.2 Å². The summed E-state index contributed by atoms with van der Waals surface area (Å²) in [6.45, 7) is 3.76. The maximum Gasteiger partial charge on any atom is 0.433 e. The van der Waals surface area contributed by atoms with Gasteiger partial charge in [0.1, 0.15) is 11.2 Å². The predicted octanol–water partition coefficient (Wildman–Crippen LogP) is 9.20. The summed E-state index contributed by atoms with van der Waals surface area (Å²) in [5.74, 6) is -0.138. The van der Waals surface area contributed by atoms with Gasteiger partial charge in [-0.25, -0.2) is 14.4 Å². The first-order valence-electron chi connectivity index (χ1n) is 19.2. The summed E-state index contributed by atoms with van der Waals surface area (Å²) >= 11 is 13.1. The van der Waals surface area contributed by atoms with Gasteiger partial charge in [-0.3, -0.25) is 4.79 Å². The van der Waals surface area contributed by atoms with Crippen LogP contribution in [0.15, 0.2) is 48.7 Å². The Balaban J connectivity index is 1.18. The van der Waals surface area contributed by atoms with E-state index < -0.39 is 17.7 Å². The van der Waals surface area contributed by atoms with Gasteiger partial charge in [0.2, 0.25) is 5.91 Å². The van der Waals surface area contributed by atoms with Crippen LogP contribution in [-0.2, 0) is 17.4 Å². The largest absolute Gasteiger partial charge is 0.433 e. The van der Waals surface area contributed by atoms with Crippen LogP contribution in [0.3, 0.4) is 0 Å². The van der Waals surface area contributed by atoms with Gasteiger partial charge in [0.05, 0.1) is 51.6 Å². The molecule has 6 atom stereocenters. The number of amides is 1. The highest BCUT2D eigenvalue weighted by molar-refractivity contribution is 6.43. The van der Waals surface area contributed by atoms with Crippen LogP contribution in [0, 0.1) is 41.8 Å². The van der Waals surface area contributed by atoms with E-state index in [2.05, 4.69) is 36.8 Å². The summed E-state index contributed by atoms with van der Waals surface area (Å²) in [6.07, 6.45) is 0.643. The molecule has 6 unspecified atom stereocenters. The Kier molecular flexibility index (Phi) is 8.37. The lowest BCUT2D eigenvalue weighted by atomic mass is 9.79. The maximum absolute atomic E-state index is 17.3. The number of aromatic nitrogens is 3. The van der Waals surface area contributed by atoms with Gasteiger partial charge in [-0.05, 0) is 80.8 Å². The standard InChI is InChI=1S/C42H37Cl2F4N7O/c1-20-28-15-32(39-24-12-26(54(39)41(56)21-7-8-21)19-53(18-24)25-9-10-33(51-17-25)42(46,47)48)55(38-23-14-31(38)50-16-23)40(28)29-13-22(4-3-11-49)34(36(45)37(29)52-20)27-5-2-6-30(43)35(27)44/h2,5-6,9-10,13,15,17,21,23-24,26,31,38-39,50H,3-4,7-8,12,14,16,18-19H2,1H3. The second-order valence-corrected chi connectivity index (χ2v) is 17.0. The summed E-state index contributed by atoms with van der Waals surface area (Å²) in [7, 11) is 0. The zero-order chi connectivity index (χ0) is 38.8. The van der Waals surface area contributed by atoms with Crippen LogP contribution in [0.1, 0.15) is 66.8 Å². The minimum atomic E-state index is -4.54. The smallest absolute Gasteiger partial charge is 0.368 e. The van der Waals surface area contributed by atoms with E-state index in [1.54, 1.807) is 18.2 Å². The number of aryl methyl sites for hydroxylation is 2. The maximum atomic E-state index is 17.3. The first-order chi connectivity index (χ1) is 26.9. The Morgan fingerprint density at radius 3 is 2.57 bits per heavy atom. The van der Waals surface area contributed by atoms with Gasteiger partial charge in [-0.2, -0.15) is 18.4 Å². The summed E-state index contributed by atoms with van der Waals surface area (Å²) in [5.41, 5.74) is 3.68. The fourth-order valence-corrected chi connectivity index (χ4v) is 10.7. The third-order valence-electron chi connectivity index (χ3n) is 12.9. The number of fused-ring (bicyclic) bond motifs is 6. The second-order valence-electron chi connectivity index (χ2n) is 16.2. The number of pyridine rings is 2. The number of likely N-dealkylation sites (tertiary alicyclic amines) is 1. The molecule has 11 rings (SSSR count). The Morgan fingerprint density at radius 1 is 1.07 bits per heavy atom. The molecule has 14 heteroatoms. The van der Waals surface area contributed by atoms with E-state index >= 15 is 4.39 Å². The van der Waals surface area contributed by atoms with Gasteiger partial charge < -0.3 is 19.7 Å². The van der Waals surface area contributed by atoms with Crippen molar-refractivity contribution in [3.63, 3.8) is 0 Å². The predicted molar refractivity (Wildman–Crippen MR) is 206 cm³/mol. The molecule has 1 amide bonds. The van der Waals surface area contributed by atoms with Crippen molar-refractivity contribution in [1.82, 2.24) is 24.8 Å². The number of halogens is 6. The number of benzene rings is 2. The van der Waals surface area contributed by atoms with Crippen molar-refractivity contribution < 1.29 is 22.4 Å². The van der Waals surface area contributed by atoms with E-state index in [1.165, 1.54) is 12.3 Å². The van der Waals surface area contributed by atoms with Crippen LogP contribution in [-0.4, -0.2) is 57.1 Å². The molecule has 3 aromatic heterocycles. The van der Waals surface area contributed by atoms with E-state index in [-0.39, 0.29) is 70.9 Å². The second kappa shape index (κ2) is 13.0. The molecule has 8 nitrogen and oxygen atoms in total. The summed E-state index contributed by atoms with van der Waals surface area (Å²) in [5, 5.41) is 15.3. The fraction of sp³-hybridized carbons (Fsp3) is 0.429. The molecule has 2 saturated carbocycles. The van der Waals surface area contributed by atoms with Crippen LogP contribution in [0.2, 0.25) is 10.0 Å². The first-order valence-corrected chi connectivity index (χ1v) is 20.0. The first kappa shape index (κ1) is 35.9. The van der Waals surface area contributed by atoms with Crippen LogP contribution in [0.5, 0.6) is 0 Å². The molecule has 4 aliphatic heterocycles. The van der Waals surface area contributed by atoms with E-state index in [1.807, 2.05) is 13.0 Å². The van der Waals surface area contributed by atoms with Crippen LogP contribution in [0.4, 0.5) is 23.2 Å². The topological polar surface area (TPSA) is 90.1 Å². The van der Waals surface area contributed by atoms with Gasteiger partial charge in [0.15, 0.2) is 5.82 Å². The molecule has 2 aromatic carbocycles. The zero-order valence-corrected chi connectivity index (χ0v) is 31.9. The number of nitriles is 1.